The number of ether oxygens (including phenoxy) is 1. The van der Waals surface area contributed by atoms with Gasteiger partial charge >= 0.3 is 5.69 Å². The van der Waals surface area contributed by atoms with Crippen LogP contribution in [-0.4, -0.2) is 20.1 Å². The molecule has 162 valence electrons. The van der Waals surface area contributed by atoms with Crippen molar-refractivity contribution in [2.24, 2.45) is 0 Å². The summed E-state index contributed by atoms with van der Waals surface area (Å²) in [5, 5.41) is 11.4. The van der Waals surface area contributed by atoms with Crippen molar-refractivity contribution in [3.63, 3.8) is 0 Å². The van der Waals surface area contributed by atoms with Gasteiger partial charge in [0.05, 0.1) is 16.4 Å². The van der Waals surface area contributed by atoms with Crippen LogP contribution in [0.3, 0.4) is 0 Å². The quantitative estimate of drug-likeness (QED) is 0.180. The van der Waals surface area contributed by atoms with Crippen LogP contribution in [0.25, 0.3) is 6.08 Å². The Morgan fingerprint density at radius 2 is 1.97 bits per heavy atom. The summed E-state index contributed by atoms with van der Waals surface area (Å²) < 4.78 is 11.7. The van der Waals surface area contributed by atoms with Gasteiger partial charge in [0.1, 0.15) is 22.4 Å². The Kier molecular flexibility index (Phi) is 6.59. The molecule has 1 fully saturated rings. The Bertz CT molecular complexity index is 1230. The molecule has 0 bridgehead atoms. The smallest absolute Gasteiger partial charge is 0.312 e. The molecule has 0 aliphatic carbocycles. The summed E-state index contributed by atoms with van der Waals surface area (Å²) >= 11 is 12.4. The normalized spacial score (nSPS) is 14.9. The SMILES string of the molecule is O=C1/C(=C/c2ccc(COc3ccc(Cl)cc3[N+](=O)[O-])o2)SC(=S)N1Cc1ccccc1. The van der Waals surface area contributed by atoms with Crippen LogP contribution >= 0.6 is 35.6 Å². The molecular weight excluding hydrogens is 472 g/mol. The van der Waals surface area contributed by atoms with Crippen LogP contribution in [0.15, 0.2) is 70.0 Å². The van der Waals surface area contributed by atoms with E-state index in [1.807, 2.05) is 30.3 Å². The van der Waals surface area contributed by atoms with Crippen molar-refractivity contribution in [3.8, 4) is 5.75 Å². The van der Waals surface area contributed by atoms with Crippen LogP contribution in [0.5, 0.6) is 5.75 Å². The molecule has 1 aromatic heterocycles. The number of carbonyl (C=O) groups is 1. The Morgan fingerprint density at radius 3 is 2.72 bits per heavy atom. The van der Waals surface area contributed by atoms with Gasteiger partial charge in [-0.1, -0.05) is 65.9 Å². The first-order valence-corrected chi connectivity index (χ1v) is 11.0. The Labute approximate surface area is 197 Å². The van der Waals surface area contributed by atoms with E-state index in [0.717, 1.165) is 5.56 Å². The van der Waals surface area contributed by atoms with Gasteiger partial charge in [-0.2, -0.15) is 0 Å². The lowest BCUT2D eigenvalue weighted by molar-refractivity contribution is -0.385. The highest BCUT2D eigenvalue weighted by Gasteiger charge is 2.32. The van der Waals surface area contributed by atoms with Crippen LogP contribution in [-0.2, 0) is 17.9 Å². The first-order valence-electron chi connectivity index (χ1n) is 9.35. The zero-order chi connectivity index (χ0) is 22.7. The highest BCUT2D eigenvalue weighted by atomic mass is 35.5. The van der Waals surface area contributed by atoms with Crippen LogP contribution in [0.2, 0.25) is 5.02 Å². The number of carbonyl (C=O) groups excluding carboxylic acids is 1. The molecule has 1 amide bonds. The highest BCUT2D eigenvalue weighted by molar-refractivity contribution is 8.26. The summed E-state index contributed by atoms with van der Waals surface area (Å²) in [6, 6.07) is 17.1. The van der Waals surface area contributed by atoms with E-state index in [1.165, 1.54) is 30.0 Å². The van der Waals surface area contributed by atoms with E-state index in [9.17, 15) is 14.9 Å². The topological polar surface area (TPSA) is 85.8 Å². The molecule has 3 aromatic rings. The number of nitro groups is 1. The summed E-state index contributed by atoms with van der Waals surface area (Å²) in [5.74, 6) is 0.795. The van der Waals surface area contributed by atoms with Gasteiger partial charge in [-0.15, -0.1) is 0 Å². The van der Waals surface area contributed by atoms with E-state index >= 15 is 0 Å². The lowest BCUT2D eigenvalue weighted by Crippen LogP contribution is -2.27. The molecule has 1 saturated heterocycles. The predicted molar refractivity (Wildman–Crippen MR) is 126 cm³/mol. The third kappa shape index (κ3) is 5.01. The van der Waals surface area contributed by atoms with E-state index in [0.29, 0.717) is 27.3 Å². The zero-order valence-corrected chi connectivity index (χ0v) is 18.8. The van der Waals surface area contributed by atoms with Gasteiger partial charge in [-0.3, -0.25) is 19.8 Å². The lowest BCUT2D eigenvalue weighted by Gasteiger charge is -2.14. The molecule has 7 nitrogen and oxygen atoms in total. The minimum atomic E-state index is -0.563. The Hall–Kier alpha value is -3.14. The molecule has 1 aliphatic heterocycles. The van der Waals surface area contributed by atoms with E-state index in [-0.39, 0.29) is 29.0 Å². The number of hydrogen-bond donors (Lipinski definition) is 0. The zero-order valence-electron chi connectivity index (χ0n) is 16.4. The fourth-order valence-electron chi connectivity index (χ4n) is 2.99. The van der Waals surface area contributed by atoms with Gasteiger partial charge in [0.25, 0.3) is 5.91 Å². The molecule has 0 unspecified atom stereocenters. The predicted octanol–water partition coefficient (Wildman–Crippen LogP) is 5.82. The second kappa shape index (κ2) is 9.56. The average Bonchev–Trinajstić information content (AvgIpc) is 3.33. The first kappa shape index (κ1) is 22.1. The van der Waals surface area contributed by atoms with Crippen LogP contribution in [0, 0.1) is 10.1 Å². The van der Waals surface area contributed by atoms with Crippen molar-refractivity contribution >= 4 is 57.6 Å². The largest absolute Gasteiger partial charge is 0.479 e. The standard InChI is InChI=1S/C22H15ClN2O5S2/c23-15-6-9-19(18(10-15)25(27)28)29-13-17-8-7-16(30-17)11-20-21(26)24(22(31)32-20)12-14-4-2-1-3-5-14/h1-11H,12-13H2/b20-11-. The van der Waals surface area contributed by atoms with Crippen LogP contribution < -0.4 is 4.74 Å². The molecule has 2 aromatic carbocycles. The van der Waals surface area contributed by atoms with Crippen molar-refractivity contribution < 1.29 is 18.9 Å². The average molecular weight is 487 g/mol. The molecular formula is C22H15ClN2O5S2. The number of nitro benzene ring substituents is 1. The van der Waals surface area contributed by atoms with E-state index < -0.39 is 4.92 Å². The molecule has 2 heterocycles. The number of benzene rings is 2. The maximum Gasteiger partial charge on any atom is 0.312 e. The fourth-order valence-corrected chi connectivity index (χ4v) is 4.39. The van der Waals surface area contributed by atoms with Gasteiger partial charge in [-0.05, 0) is 29.8 Å². The number of halogens is 1. The van der Waals surface area contributed by atoms with E-state index in [4.69, 9.17) is 33.0 Å². The summed E-state index contributed by atoms with van der Waals surface area (Å²) in [4.78, 5) is 25.4. The highest BCUT2D eigenvalue weighted by Crippen LogP contribution is 2.34. The van der Waals surface area contributed by atoms with Gasteiger partial charge < -0.3 is 9.15 Å². The molecule has 0 atom stereocenters. The number of amides is 1. The van der Waals surface area contributed by atoms with Crippen molar-refractivity contribution in [2.75, 3.05) is 0 Å². The Morgan fingerprint density at radius 1 is 1.19 bits per heavy atom. The van der Waals surface area contributed by atoms with Crippen LogP contribution in [0.1, 0.15) is 17.1 Å². The summed E-state index contributed by atoms with van der Waals surface area (Å²) in [6.07, 6.45) is 1.62. The molecule has 0 radical (unpaired) electrons. The molecule has 1 aliphatic rings. The fraction of sp³-hybridized carbons (Fsp3) is 0.0909. The van der Waals surface area contributed by atoms with Crippen molar-refractivity contribution in [1.29, 1.82) is 0 Å². The molecule has 0 spiro atoms. The lowest BCUT2D eigenvalue weighted by atomic mass is 10.2. The second-order valence-electron chi connectivity index (χ2n) is 6.72. The minimum absolute atomic E-state index is 0.0225. The molecule has 10 heteroatoms. The second-order valence-corrected chi connectivity index (χ2v) is 8.83. The maximum atomic E-state index is 12.8. The number of hydrogen-bond acceptors (Lipinski definition) is 7. The van der Waals surface area contributed by atoms with Crippen molar-refractivity contribution in [1.82, 2.24) is 4.90 Å². The van der Waals surface area contributed by atoms with E-state index in [1.54, 1.807) is 23.1 Å². The minimum Gasteiger partial charge on any atom is -0.479 e. The molecule has 0 saturated carbocycles. The van der Waals surface area contributed by atoms with Gasteiger partial charge in [0, 0.05) is 17.2 Å². The van der Waals surface area contributed by atoms with Crippen LogP contribution in [0.4, 0.5) is 5.69 Å². The number of nitrogens with zero attached hydrogens (tertiary/aromatic N) is 2. The number of thiocarbonyl (C=S) groups is 1. The summed E-state index contributed by atoms with van der Waals surface area (Å²) in [5.41, 5.74) is 0.755. The first-order chi connectivity index (χ1) is 15.4. The molecule has 4 rings (SSSR count). The van der Waals surface area contributed by atoms with E-state index in [2.05, 4.69) is 0 Å². The third-order valence-electron chi connectivity index (χ3n) is 4.50. The van der Waals surface area contributed by atoms with Gasteiger partial charge in [0.2, 0.25) is 0 Å². The van der Waals surface area contributed by atoms with Gasteiger partial charge in [-0.25, -0.2) is 0 Å². The molecule has 32 heavy (non-hydrogen) atoms. The molecule has 0 N–H and O–H groups in total. The van der Waals surface area contributed by atoms with Crippen molar-refractivity contribution in [3.05, 3.63) is 97.8 Å². The summed E-state index contributed by atoms with van der Waals surface area (Å²) in [7, 11) is 0. The maximum absolute atomic E-state index is 12.8. The third-order valence-corrected chi connectivity index (χ3v) is 6.11. The van der Waals surface area contributed by atoms with Gasteiger partial charge in [0.15, 0.2) is 5.75 Å². The Balaban J connectivity index is 1.43. The number of furan rings is 1. The number of thioether (sulfide) groups is 1. The summed E-state index contributed by atoms with van der Waals surface area (Å²) in [6.45, 7) is 0.380. The monoisotopic (exact) mass is 486 g/mol. The van der Waals surface area contributed by atoms with Crippen molar-refractivity contribution in [2.45, 2.75) is 13.2 Å². The number of rotatable bonds is 7.